The van der Waals surface area contributed by atoms with E-state index in [0.717, 1.165) is 38.4 Å². The summed E-state index contributed by atoms with van der Waals surface area (Å²) < 4.78 is 1.99. The lowest BCUT2D eigenvalue weighted by Gasteiger charge is -2.23. The van der Waals surface area contributed by atoms with Gasteiger partial charge in [-0.1, -0.05) is 20.8 Å². The van der Waals surface area contributed by atoms with E-state index in [0.29, 0.717) is 12.5 Å². The lowest BCUT2D eigenvalue weighted by atomic mass is 10.2. The molecule has 17 heavy (non-hydrogen) atoms. The van der Waals surface area contributed by atoms with Gasteiger partial charge in [-0.15, -0.1) is 0 Å². The second-order valence-corrected chi connectivity index (χ2v) is 4.82. The number of aromatic nitrogens is 3. The molecule has 5 nitrogen and oxygen atoms in total. The van der Waals surface area contributed by atoms with Gasteiger partial charge in [0, 0.05) is 26.2 Å². The third kappa shape index (κ3) is 4.83. The highest BCUT2D eigenvalue weighted by molar-refractivity contribution is 4.85. The van der Waals surface area contributed by atoms with E-state index in [9.17, 15) is 0 Å². The monoisotopic (exact) mass is 239 g/mol. The van der Waals surface area contributed by atoms with Crippen LogP contribution in [0.2, 0.25) is 0 Å². The van der Waals surface area contributed by atoms with E-state index in [4.69, 9.17) is 5.73 Å². The summed E-state index contributed by atoms with van der Waals surface area (Å²) >= 11 is 0. The molecule has 0 fully saturated rings. The molecule has 2 N–H and O–H groups in total. The molecule has 0 unspecified atom stereocenters. The predicted octanol–water partition coefficient (Wildman–Crippen LogP) is 1.10. The second kappa shape index (κ2) is 7.40. The molecule has 0 saturated carbocycles. The Labute approximate surface area is 104 Å². The molecule has 0 saturated heterocycles. The summed E-state index contributed by atoms with van der Waals surface area (Å²) in [6.07, 6.45) is 2.72. The maximum absolute atomic E-state index is 5.65. The molecule has 0 radical (unpaired) electrons. The number of hydrogen-bond acceptors (Lipinski definition) is 4. The van der Waals surface area contributed by atoms with Gasteiger partial charge >= 0.3 is 0 Å². The van der Waals surface area contributed by atoms with Crippen LogP contribution < -0.4 is 5.73 Å². The van der Waals surface area contributed by atoms with Crippen molar-refractivity contribution in [3.8, 4) is 0 Å². The van der Waals surface area contributed by atoms with Gasteiger partial charge in [0.25, 0.3) is 0 Å². The van der Waals surface area contributed by atoms with Crippen molar-refractivity contribution in [3.63, 3.8) is 0 Å². The van der Waals surface area contributed by atoms with Crippen molar-refractivity contribution in [3.05, 3.63) is 12.2 Å². The first kappa shape index (κ1) is 14.1. The van der Waals surface area contributed by atoms with Gasteiger partial charge in [-0.2, -0.15) is 5.10 Å². The van der Waals surface area contributed by atoms with E-state index in [1.165, 1.54) is 0 Å². The zero-order chi connectivity index (χ0) is 12.7. The van der Waals surface area contributed by atoms with Crippen LogP contribution in [0.1, 0.15) is 33.0 Å². The molecule has 0 aliphatic carbocycles. The number of hydrogen-bond donors (Lipinski definition) is 1. The van der Waals surface area contributed by atoms with Crippen LogP contribution in [-0.4, -0.2) is 39.3 Å². The van der Waals surface area contributed by atoms with Crippen LogP contribution in [0, 0.1) is 5.92 Å². The van der Waals surface area contributed by atoms with Crippen LogP contribution in [0.25, 0.3) is 0 Å². The Balaban J connectivity index is 2.60. The molecule has 5 heteroatoms. The summed E-state index contributed by atoms with van der Waals surface area (Å²) in [5.41, 5.74) is 5.65. The van der Waals surface area contributed by atoms with E-state index in [1.807, 2.05) is 4.68 Å². The number of nitrogens with zero attached hydrogens (tertiary/aromatic N) is 4. The average molecular weight is 239 g/mol. The summed E-state index contributed by atoms with van der Waals surface area (Å²) in [5, 5.41) is 4.25. The van der Waals surface area contributed by atoms with Gasteiger partial charge in [0.15, 0.2) is 0 Å². The fourth-order valence-electron chi connectivity index (χ4n) is 1.94. The van der Waals surface area contributed by atoms with Crippen molar-refractivity contribution in [1.29, 1.82) is 0 Å². The van der Waals surface area contributed by atoms with Crippen molar-refractivity contribution in [2.45, 2.75) is 40.3 Å². The lowest BCUT2D eigenvalue weighted by molar-refractivity contribution is 0.232. The molecule has 98 valence electrons. The van der Waals surface area contributed by atoms with Crippen LogP contribution in [0.3, 0.4) is 0 Å². The van der Waals surface area contributed by atoms with Gasteiger partial charge in [-0.05, 0) is 12.3 Å². The standard InChI is InChI=1S/C12H25N5/c1-4-6-17-12(14-10-15-17)9-16(7-5-13)8-11(2)3/h10-11H,4-9,13H2,1-3H3. The largest absolute Gasteiger partial charge is 0.329 e. The minimum atomic E-state index is 0.643. The molecule has 0 amide bonds. The van der Waals surface area contributed by atoms with Crippen molar-refractivity contribution in [2.75, 3.05) is 19.6 Å². The minimum absolute atomic E-state index is 0.643. The van der Waals surface area contributed by atoms with Gasteiger partial charge in [0.2, 0.25) is 0 Å². The highest BCUT2D eigenvalue weighted by Crippen LogP contribution is 2.05. The Kier molecular flexibility index (Phi) is 6.15. The van der Waals surface area contributed by atoms with Crippen LogP contribution in [0.15, 0.2) is 6.33 Å². The third-order valence-electron chi connectivity index (χ3n) is 2.56. The summed E-state index contributed by atoms with van der Waals surface area (Å²) in [5.74, 6) is 1.69. The Morgan fingerprint density at radius 3 is 2.82 bits per heavy atom. The Morgan fingerprint density at radius 2 is 2.24 bits per heavy atom. The number of rotatable bonds is 8. The molecule has 1 aromatic rings. The van der Waals surface area contributed by atoms with E-state index < -0.39 is 0 Å². The Morgan fingerprint density at radius 1 is 1.47 bits per heavy atom. The molecule has 0 atom stereocenters. The predicted molar refractivity (Wildman–Crippen MR) is 69.5 cm³/mol. The Bertz CT molecular complexity index is 308. The van der Waals surface area contributed by atoms with Crippen LogP contribution in [0.5, 0.6) is 0 Å². The highest BCUT2D eigenvalue weighted by Gasteiger charge is 2.11. The lowest BCUT2D eigenvalue weighted by Crippen LogP contribution is -2.33. The fraction of sp³-hybridized carbons (Fsp3) is 0.833. The molecule has 1 rings (SSSR count). The number of nitrogens with two attached hydrogens (primary N) is 1. The minimum Gasteiger partial charge on any atom is -0.329 e. The van der Waals surface area contributed by atoms with Gasteiger partial charge in [-0.25, -0.2) is 9.67 Å². The van der Waals surface area contributed by atoms with E-state index in [2.05, 4.69) is 35.8 Å². The molecule has 0 spiro atoms. The van der Waals surface area contributed by atoms with Crippen molar-refractivity contribution < 1.29 is 0 Å². The summed E-state index contributed by atoms with van der Waals surface area (Å²) in [6.45, 7) is 11.0. The molecule has 0 aliphatic heterocycles. The zero-order valence-electron chi connectivity index (χ0n) is 11.3. The summed E-state index contributed by atoms with van der Waals surface area (Å²) in [7, 11) is 0. The van der Waals surface area contributed by atoms with Crippen LogP contribution in [0.4, 0.5) is 0 Å². The number of aryl methyl sites for hydroxylation is 1. The highest BCUT2D eigenvalue weighted by atomic mass is 15.3. The van der Waals surface area contributed by atoms with Crippen LogP contribution in [-0.2, 0) is 13.1 Å². The van der Waals surface area contributed by atoms with Gasteiger partial charge in [-0.3, -0.25) is 4.90 Å². The van der Waals surface area contributed by atoms with Crippen LogP contribution >= 0.6 is 0 Å². The maximum atomic E-state index is 5.65. The summed E-state index contributed by atoms with van der Waals surface area (Å²) in [6, 6.07) is 0. The van der Waals surface area contributed by atoms with Crippen molar-refractivity contribution in [1.82, 2.24) is 19.7 Å². The zero-order valence-corrected chi connectivity index (χ0v) is 11.3. The molecule has 0 aliphatic rings. The van der Waals surface area contributed by atoms with Crippen molar-refractivity contribution in [2.24, 2.45) is 11.7 Å². The van der Waals surface area contributed by atoms with Crippen molar-refractivity contribution >= 4 is 0 Å². The molecule has 0 bridgehead atoms. The SMILES string of the molecule is CCCn1ncnc1CN(CCN)CC(C)C. The fourth-order valence-corrected chi connectivity index (χ4v) is 1.94. The van der Waals surface area contributed by atoms with E-state index >= 15 is 0 Å². The maximum Gasteiger partial charge on any atom is 0.141 e. The molecule has 1 aromatic heterocycles. The third-order valence-corrected chi connectivity index (χ3v) is 2.56. The first-order chi connectivity index (χ1) is 8.17. The van der Waals surface area contributed by atoms with E-state index in [1.54, 1.807) is 6.33 Å². The van der Waals surface area contributed by atoms with E-state index in [-0.39, 0.29) is 0 Å². The second-order valence-electron chi connectivity index (χ2n) is 4.82. The molecular weight excluding hydrogens is 214 g/mol. The first-order valence-electron chi connectivity index (χ1n) is 6.46. The Hall–Kier alpha value is -0.940. The van der Waals surface area contributed by atoms with Gasteiger partial charge in [0.1, 0.15) is 12.2 Å². The van der Waals surface area contributed by atoms with Gasteiger partial charge < -0.3 is 5.73 Å². The topological polar surface area (TPSA) is 60.0 Å². The molecule has 0 aromatic carbocycles. The summed E-state index contributed by atoms with van der Waals surface area (Å²) in [4.78, 5) is 6.68. The first-order valence-corrected chi connectivity index (χ1v) is 6.46. The average Bonchev–Trinajstić information content (AvgIpc) is 2.66. The molecule has 1 heterocycles. The quantitative estimate of drug-likeness (QED) is 0.738. The smallest absolute Gasteiger partial charge is 0.141 e. The van der Waals surface area contributed by atoms with Gasteiger partial charge in [0.05, 0.1) is 6.54 Å². The molecular formula is C12H25N5. The normalized spacial score (nSPS) is 11.6.